The Kier molecular flexibility index (Phi) is 6.13. The first-order chi connectivity index (χ1) is 15.4. The molecular weight excluding hydrogens is 433 g/mol. The average molecular weight is 452 g/mol. The van der Waals surface area contributed by atoms with Crippen molar-refractivity contribution in [3.63, 3.8) is 0 Å². The number of carbonyl (C=O) groups is 1. The van der Waals surface area contributed by atoms with Crippen LogP contribution in [0.4, 0.5) is 16.0 Å². The fourth-order valence-corrected chi connectivity index (χ4v) is 3.23. The van der Waals surface area contributed by atoms with Crippen LogP contribution >= 0.6 is 11.6 Å². The van der Waals surface area contributed by atoms with Gasteiger partial charge in [-0.25, -0.2) is 24.1 Å². The van der Waals surface area contributed by atoms with Crippen molar-refractivity contribution in [2.75, 3.05) is 11.9 Å². The van der Waals surface area contributed by atoms with Crippen LogP contribution in [0.2, 0.25) is 5.02 Å². The molecule has 0 saturated heterocycles. The van der Waals surface area contributed by atoms with Gasteiger partial charge in [0, 0.05) is 28.7 Å². The molecule has 0 fully saturated rings. The molecule has 0 amide bonds. The highest BCUT2D eigenvalue weighted by atomic mass is 35.5. The summed E-state index contributed by atoms with van der Waals surface area (Å²) in [4.78, 5) is 25.2. The number of nitrogens with one attached hydrogen (secondary N) is 1. The third-order valence-electron chi connectivity index (χ3n) is 4.60. The van der Waals surface area contributed by atoms with Gasteiger partial charge < -0.3 is 14.6 Å². The Morgan fingerprint density at radius 1 is 1.19 bits per heavy atom. The number of nitrogens with zero attached hydrogens (tertiary/aromatic N) is 4. The molecule has 2 aromatic carbocycles. The Hall–Kier alpha value is -3.78. The zero-order valence-corrected chi connectivity index (χ0v) is 18.1. The van der Waals surface area contributed by atoms with E-state index in [4.69, 9.17) is 16.3 Å². The Bertz CT molecular complexity index is 1270. The van der Waals surface area contributed by atoms with E-state index in [0.29, 0.717) is 27.7 Å². The van der Waals surface area contributed by atoms with Gasteiger partial charge >= 0.3 is 5.97 Å². The molecule has 0 unspecified atom stereocenters. The quantitative estimate of drug-likeness (QED) is 0.398. The van der Waals surface area contributed by atoms with E-state index >= 15 is 0 Å². The number of aromatic nitrogens is 4. The topological polar surface area (TPSA) is 81.9 Å². The average Bonchev–Trinajstić information content (AvgIpc) is 3.20. The van der Waals surface area contributed by atoms with E-state index in [9.17, 15) is 9.18 Å². The number of hydrogen-bond acceptors (Lipinski definition) is 6. The number of rotatable bonds is 6. The maximum absolute atomic E-state index is 14.7. The lowest BCUT2D eigenvalue weighted by molar-refractivity contribution is 0.0526. The first-order valence-electron chi connectivity index (χ1n) is 9.82. The molecule has 2 aromatic heterocycles. The minimum atomic E-state index is -0.532. The fourth-order valence-electron chi connectivity index (χ4n) is 3.10. The lowest BCUT2D eigenvalue weighted by atomic mass is 10.1. The Morgan fingerprint density at radius 2 is 1.97 bits per heavy atom. The van der Waals surface area contributed by atoms with Crippen molar-refractivity contribution in [1.82, 2.24) is 19.5 Å². The van der Waals surface area contributed by atoms with Crippen molar-refractivity contribution in [3.8, 4) is 16.9 Å². The molecule has 0 aliphatic rings. The first-order valence-corrected chi connectivity index (χ1v) is 10.2. The number of aryl methyl sites for hydroxylation is 1. The van der Waals surface area contributed by atoms with E-state index < -0.39 is 11.8 Å². The van der Waals surface area contributed by atoms with Crippen LogP contribution in [-0.2, 0) is 4.74 Å². The van der Waals surface area contributed by atoms with Gasteiger partial charge in [0.1, 0.15) is 11.4 Å². The number of halogens is 2. The summed E-state index contributed by atoms with van der Waals surface area (Å²) in [7, 11) is 0. The van der Waals surface area contributed by atoms with Crippen LogP contribution in [0.25, 0.3) is 16.9 Å². The minimum absolute atomic E-state index is 0.202. The number of esters is 1. The van der Waals surface area contributed by atoms with Gasteiger partial charge in [-0.2, -0.15) is 0 Å². The SMILES string of the molecule is CCOC(=O)c1cnc(Nc2ccc(-n3cnc(C)c3)c(F)c2)nc1-c1ccc(Cl)cc1. The summed E-state index contributed by atoms with van der Waals surface area (Å²) >= 11 is 5.99. The molecule has 0 atom stereocenters. The van der Waals surface area contributed by atoms with Crippen molar-refractivity contribution in [2.24, 2.45) is 0 Å². The Balaban J connectivity index is 1.67. The number of ether oxygens (including phenoxy) is 1. The smallest absolute Gasteiger partial charge is 0.341 e. The van der Waals surface area contributed by atoms with Crippen LogP contribution in [-0.4, -0.2) is 32.1 Å². The van der Waals surface area contributed by atoms with E-state index in [2.05, 4.69) is 20.3 Å². The molecule has 0 spiro atoms. The highest BCUT2D eigenvalue weighted by molar-refractivity contribution is 6.30. The van der Waals surface area contributed by atoms with Crippen molar-refractivity contribution in [2.45, 2.75) is 13.8 Å². The number of benzene rings is 2. The summed E-state index contributed by atoms with van der Waals surface area (Å²) in [6, 6.07) is 11.6. The second-order valence-corrected chi connectivity index (χ2v) is 7.33. The van der Waals surface area contributed by atoms with E-state index in [-0.39, 0.29) is 18.1 Å². The molecule has 4 aromatic rings. The predicted molar refractivity (Wildman–Crippen MR) is 120 cm³/mol. The molecule has 0 bridgehead atoms. The molecule has 32 heavy (non-hydrogen) atoms. The van der Waals surface area contributed by atoms with Gasteiger partial charge in [-0.3, -0.25) is 0 Å². The van der Waals surface area contributed by atoms with Crippen LogP contribution in [0, 0.1) is 12.7 Å². The third-order valence-corrected chi connectivity index (χ3v) is 4.85. The number of carbonyl (C=O) groups excluding carboxylic acids is 1. The second-order valence-electron chi connectivity index (χ2n) is 6.90. The van der Waals surface area contributed by atoms with E-state index in [1.807, 2.05) is 6.92 Å². The van der Waals surface area contributed by atoms with Crippen LogP contribution in [0.1, 0.15) is 23.0 Å². The summed E-state index contributed by atoms with van der Waals surface area (Å²) in [6.07, 6.45) is 4.67. The molecule has 162 valence electrons. The normalized spacial score (nSPS) is 10.8. The van der Waals surface area contributed by atoms with Gasteiger partial charge in [0.15, 0.2) is 0 Å². The highest BCUT2D eigenvalue weighted by Gasteiger charge is 2.18. The van der Waals surface area contributed by atoms with E-state index in [0.717, 1.165) is 5.69 Å². The van der Waals surface area contributed by atoms with Crippen molar-refractivity contribution in [3.05, 3.63) is 83.3 Å². The van der Waals surface area contributed by atoms with E-state index in [1.54, 1.807) is 60.4 Å². The molecule has 0 aliphatic carbocycles. The molecule has 0 aliphatic heterocycles. The lowest BCUT2D eigenvalue weighted by Crippen LogP contribution is -2.10. The van der Waals surface area contributed by atoms with Crippen LogP contribution in [0.15, 0.2) is 61.2 Å². The van der Waals surface area contributed by atoms with Gasteiger partial charge in [0.2, 0.25) is 5.95 Å². The summed E-state index contributed by atoms with van der Waals surface area (Å²) in [5.74, 6) is -0.767. The number of hydrogen-bond donors (Lipinski definition) is 1. The lowest BCUT2D eigenvalue weighted by Gasteiger charge is -2.12. The molecule has 4 rings (SSSR count). The van der Waals surface area contributed by atoms with Gasteiger partial charge in [-0.05, 0) is 44.2 Å². The van der Waals surface area contributed by atoms with E-state index in [1.165, 1.54) is 12.3 Å². The largest absolute Gasteiger partial charge is 0.462 e. The van der Waals surface area contributed by atoms with Crippen molar-refractivity contribution in [1.29, 1.82) is 0 Å². The van der Waals surface area contributed by atoms with Crippen molar-refractivity contribution >= 4 is 29.2 Å². The molecule has 9 heteroatoms. The minimum Gasteiger partial charge on any atom is -0.462 e. The maximum atomic E-state index is 14.7. The monoisotopic (exact) mass is 451 g/mol. The number of imidazole rings is 1. The summed E-state index contributed by atoms with van der Waals surface area (Å²) in [5.41, 5.74) is 2.88. The molecule has 7 nitrogen and oxygen atoms in total. The maximum Gasteiger partial charge on any atom is 0.341 e. The number of anilines is 2. The first kappa shape index (κ1) is 21.5. The molecule has 0 saturated carbocycles. The van der Waals surface area contributed by atoms with Crippen LogP contribution in [0.3, 0.4) is 0 Å². The van der Waals surface area contributed by atoms with Gasteiger partial charge in [-0.1, -0.05) is 23.7 Å². The van der Waals surface area contributed by atoms with Gasteiger partial charge in [0.05, 0.1) is 30.0 Å². The standard InChI is InChI=1S/C23H19ClFN5O2/c1-3-32-22(31)18-11-26-23(29-21(18)15-4-6-16(24)7-5-15)28-17-8-9-20(19(25)10-17)30-12-14(2)27-13-30/h4-13H,3H2,1-2H3,(H,26,28,29). The Labute approximate surface area is 188 Å². The van der Waals surface area contributed by atoms with Crippen LogP contribution < -0.4 is 5.32 Å². The predicted octanol–water partition coefficient (Wildman–Crippen LogP) is 5.35. The zero-order valence-electron chi connectivity index (χ0n) is 17.3. The fraction of sp³-hybridized carbons (Fsp3) is 0.130. The molecule has 0 radical (unpaired) electrons. The summed E-state index contributed by atoms with van der Waals surface area (Å²) in [6.45, 7) is 3.78. The van der Waals surface area contributed by atoms with Crippen LogP contribution in [0.5, 0.6) is 0 Å². The Morgan fingerprint density at radius 3 is 2.62 bits per heavy atom. The molecule has 2 heterocycles. The molecule has 1 N–H and O–H groups in total. The highest BCUT2D eigenvalue weighted by Crippen LogP contribution is 2.26. The summed E-state index contributed by atoms with van der Waals surface area (Å²) < 4.78 is 21.4. The zero-order chi connectivity index (χ0) is 22.7. The third kappa shape index (κ3) is 4.60. The second kappa shape index (κ2) is 9.15. The van der Waals surface area contributed by atoms with Crippen molar-refractivity contribution < 1.29 is 13.9 Å². The molecular formula is C23H19ClFN5O2. The summed E-state index contributed by atoms with van der Waals surface area (Å²) in [5, 5.41) is 3.54. The van der Waals surface area contributed by atoms with Gasteiger partial charge in [-0.15, -0.1) is 0 Å². The van der Waals surface area contributed by atoms with Gasteiger partial charge in [0.25, 0.3) is 0 Å².